The van der Waals surface area contributed by atoms with Crippen molar-refractivity contribution in [2.24, 2.45) is 0 Å². The first-order chi connectivity index (χ1) is 10.6. The van der Waals surface area contributed by atoms with Crippen molar-refractivity contribution in [3.63, 3.8) is 0 Å². The van der Waals surface area contributed by atoms with Crippen LogP contribution in [0.25, 0.3) is 0 Å². The first-order valence-electron chi connectivity index (χ1n) is 6.70. The van der Waals surface area contributed by atoms with E-state index >= 15 is 0 Å². The van der Waals surface area contributed by atoms with Crippen LogP contribution in [0.3, 0.4) is 0 Å². The quantitative estimate of drug-likeness (QED) is 0.577. The summed E-state index contributed by atoms with van der Waals surface area (Å²) < 4.78 is 6.38. The molecule has 0 aromatic heterocycles. The zero-order valence-electron chi connectivity index (χ0n) is 11.9. The lowest BCUT2D eigenvalue weighted by atomic mass is 10.2. The summed E-state index contributed by atoms with van der Waals surface area (Å²) in [5.41, 5.74) is 1.31. The summed E-state index contributed by atoms with van der Waals surface area (Å²) in [4.78, 5) is 12.2. The molecule has 2 rings (SSSR count). The minimum absolute atomic E-state index is 0.233. The number of hydrogen-bond donors (Lipinski definition) is 2. The van der Waals surface area contributed by atoms with Crippen molar-refractivity contribution in [1.82, 2.24) is 5.32 Å². The summed E-state index contributed by atoms with van der Waals surface area (Å²) >= 11 is 7.32. The van der Waals surface area contributed by atoms with Crippen LogP contribution in [0.4, 0.5) is 5.69 Å². The second kappa shape index (κ2) is 8.09. The van der Waals surface area contributed by atoms with Crippen molar-refractivity contribution in [2.75, 3.05) is 11.9 Å². The summed E-state index contributed by atoms with van der Waals surface area (Å²) in [6.45, 7) is 2.47. The van der Waals surface area contributed by atoms with Gasteiger partial charge in [-0.15, -0.1) is 0 Å². The van der Waals surface area contributed by atoms with Crippen LogP contribution in [0, 0.1) is 3.57 Å². The summed E-state index contributed by atoms with van der Waals surface area (Å²) in [7, 11) is 0. The van der Waals surface area contributed by atoms with Crippen molar-refractivity contribution in [3.05, 3.63) is 57.7 Å². The van der Waals surface area contributed by atoms with Crippen LogP contribution >= 0.6 is 34.8 Å². The van der Waals surface area contributed by atoms with E-state index in [2.05, 4.69) is 33.2 Å². The Morgan fingerprint density at radius 1 is 1.18 bits per heavy atom. The lowest BCUT2D eigenvalue weighted by Gasteiger charge is -2.13. The highest BCUT2D eigenvalue weighted by Crippen LogP contribution is 2.23. The largest absolute Gasteiger partial charge is 0.492 e. The van der Waals surface area contributed by atoms with E-state index in [-0.39, 0.29) is 11.0 Å². The number of halogens is 1. The van der Waals surface area contributed by atoms with Crippen LogP contribution in [0.15, 0.2) is 48.5 Å². The third-order valence-electron chi connectivity index (χ3n) is 2.78. The van der Waals surface area contributed by atoms with Gasteiger partial charge in [0.1, 0.15) is 5.75 Å². The minimum atomic E-state index is -0.239. The first kappa shape index (κ1) is 16.7. The SMILES string of the molecule is CCOc1ccccc1NC(=S)NC(=O)c1ccccc1I. The Hall–Kier alpha value is -1.67. The molecule has 0 heterocycles. The zero-order valence-corrected chi connectivity index (χ0v) is 14.9. The fraction of sp³-hybridized carbons (Fsp3) is 0.125. The number of amides is 1. The highest BCUT2D eigenvalue weighted by Gasteiger charge is 2.12. The number of thiocarbonyl (C=S) groups is 1. The maximum absolute atomic E-state index is 12.2. The summed E-state index contributed by atoms with van der Waals surface area (Å²) in [6, 6.07) is 14.8. The van der Waals surface area contributed by atoms with Gasteiger partial charge in [0.2, 0.25) is 0 Å². The van der Waals surface area contributed by atoms with Gasteiger partial charge in [0.05, 0.1) is 17.9 Å². The minimum Gasteiger partial charge on any atom is -0.492 e. The van der Waals surface area contributed by atoms with Crippen LogP contribution in [0.2, 0.25) is 0 Å². The van der Waals surface area contributed by atoms with Crippen LogP contribution in [0.1, 0.15) is 17.3 Å². The topological polar surface area (TPSA) is 50.4 Å². The molecule has 0 aliphatic heterocycles. The maximum atomic E-state index is 12.2. The second-order valence-electron chi connectivity index (χ2n) is 4.32. The van der Waals surface area contributed by atoms with E-state index < -0.39 is 0 Å². The molecule has 2 aromatic carbocycles. The number of anilines is 1. The Balaban J connectivity index is 2.05. The number of hydrogen-bond acceptors (Lipinski definition) is 3. The average Bonchev–Trinajstić information content (AvgIpc) is 2.49. The summed E-state index contributed by atoms with van der Waals surface area (Å²) in [6.07, 6.45) is 0. The molecule has 0 spiro atoms. The highest BCUT2D eigenvalue weighted by atomic mass is 127. The van der Waals surface area contributed by atoms with Crippen molar-refractivity contribution in [3.8, 4) is 5.75 Å². The van der Waals surface area contributed by atoms with Gasteiger partial charge in [-0.05, 0) is 66.0 Å². The lowest BCUT2D eigenvalue weighted by molar-refractivity contribution is 0.0977. The predicted octanol–water partition coefficient (Wildman–Crippen LogP) is 3.82. The van der Waals surface area contributed by atoms with Gasteiger partial charge >= 0.3 is 0 Å². The Kier molecular flexibility index (Phi) is 6.14. The van der Waals surface area contributed by atoms with Crippen LogP contribution < -0.4 is 15.4 Å². The molecule has 2 N–H and O–H groups in total. The standard InChI is InChI=1S/C16H15IN2O2S/c1-2-21-14-10-6-5-9-13(14)18-16(22)19-15(20)11-7-3-4-8-12(11)17/h3-10H,2H2,1H3,(H2,18,19,20,22). The second-order valence-corrected chi connectivity index (χ2v) is 5.89. The lowest BCUT2D eigenvalue weighted by Crippen LogP contribution is -2.34. The molecule has 0 atom stereocenters. The Morgan fingerprint density at radius 3 is 2.59 bits per heavy atom. The zero-order chi connectivity index (χ0) is 15.9. The van der Waals surface area contributed by atoms with Gasteiger partial charge in [0.15, 0.2) is 5.11 Å². The third kappa shape index (κ3) is 4.41. The van der Waals surface area contributed by atoms with E-state index in [0.29, 0.717) is 17.9 Å². The number of ether oxygens (including phenoxy) is 1. The number of carbonyl (C=O) groups is 1. The Morgan fingerprint density at radius 2 is 1.86 bits per heavy atom. The van der Waals surface area contributed by atoms with E-state index in [1.165, 1.54) is 0 Å². The maximum Gasteiger partial charge on any atom is 0.258 e. The van der Waals surface area contributed by atoms with Crippen molar-refractivity contribution >= 4 is 51.5 Å². The molecule has 114 valence electrons. The van der Waals surface area contributed by atoms with Gasteiger partial charge in [-0.2, -0.15) is 0 Å². The van der Waals surface area contributed by atoms with Crippen molar-refractivity contribution in [2.45, 2.75) is 6.92 Å². The number of nitrogens with one attached hydrogen (secondary N) is 2. The van der Waals surface area contributed by atoms with Crippen LogP contribution in [-0.2, 0) is 0 Å². The summed E-state index contributed by atoms with van der Waals surface area (Å²) in [5, 5.41) is 5.90. The van der Waals surface area contributed by atoms with Gasteiger partial charge in [0.25, 0.3) is 5.91 Å². The van der Waals surface area contributed by atoms with E-state index in [1.54, 1.807) is 6.07 Å². The number of rotatable bonds is 4. The molecule has 0 aliphatic rings. The van der Waals surface area contributed by atoms with Gasteiger partial charge in [-0.1, -0.05) is 24.3 Å². The van der Waals surface area contributed by atoms with Crippen molar-refractivity contribution < 1.29 is 9.53 Å². The molecular weight excluding hydrogens is 411 g/mol. The predicted molar refractivity (Wildman–Crippen MR) is 100 cm³/mol. The fourth-order valence-electron chi connectivity index (χ4n) is 1.82. The summed E-state index contributed by atoms with van der Waals surface area (Å²) in [5.74, 6) is 0.451. The van der Waals surface area contributed by atoms with E-state index in [0.717, 1.165) is 9.26 Å². The Labute approximate surface area is 148 Å². The first-order valence-corrected chi connectivity index (χ1v) is 8.19. The smallest absolute Gasteiger partial charge is 0.258 e. The van der Waals surface area contributed by atoms with Gasteiger partial charge in [-0.3, -0.25) is 10.1 Å². The number of benzene rings is 2. The highest BCUT2D eigenvalue weighted by molar-refractivity contribution is 14.1. The molecule has 0 radical (unpaired) electrons. The number of carbonyl (C=O) groups excluding carboxylic acids is 1. The van der Waals surface area contributed by atoms with E-state index in [1.807, 2.05) is 49.4 Å². The molecular formula is C16H15IN2O2S. The fourth-order valence-corrected chi connectivity index (χ4v) is 2.66. The molecule has 4 nitrogen and oxygen atoms in total. The molecule has 1 amide bonds. The molecule has 2 aromatic rings. The molecule has 0 saturated carbocycles. The molecule has 0 saturated heterocycles. The average molecular weight is 426 g/mol. The van der Waals surface area contributed by atoms with Gasteiger partial charge < -0.3 is 10.1 Å². The monoisotopic (exact) mass is 426 g/mol. The molecule has 6 heteroatoms. The van der Waals surface area contributed by atoms with Crippen LogP contribution in [0.5, 0.6) is 5.75 Å². The molecule has 22 heavy (non-hydrogen) atoms. The van der Waals surface area contributed by atoms with Gasteiger partial charge in [0, 0.05) is 3.57 Å². The van der Waals surface area contributed by atoms with Crippen molar-refractivity contribution in [1.29, 1.82) is 0 Å². The molecule has 0 fully saturated rings. The van der Waals surface area contributed by atoms with Gasteiger partial charge in [-0.25, -0.2) is 0 Å². The normalized spacial score (nSPS) is 9.91. The third-order valence-corrected chi connectivity index (χ3v) is 3.93. The van der Waals surface area contributed by atoms with E-state index in [9.17, 15) is 4.79 Å². The Bertz CT molecular complexity index is 691. The molecule has 0 bridgehead atoms. The molecule has 0 aliphatic carbocycles. The molecule has 0 unspecified atom stereocenters. The van der Waals surface area contributed by atoms with E-state index in [4.69, 9.17) is 17.0 Å². The van der Waals surface area contributed by atoms with Crippen LogP contribution in [-0.4, -0.2) is 17.6 Å². The number of para-hydroxylation sites is 2.